The number of carbonyl (C=O) groups is 1. The zero-order chi connectivity index (χ0) is 33.3. The van der Waals surface area contributed by atoms with Gasteiger partial charge in [-0.3, -0.25) is 9.52 Å². The van der Waals surface area contributed by atoms with E-state index in [0.29, 0.717) is 56.7 Å². The van der Waals surface area contributed by atoms with Crippen molar-refractivity contribution in [2.75, 3.05) is 24.1 Å². The number of aromatic amines is 1. The van der Waals surface area contributed by atoms with Crippen LogP contribution in [0.1, 0.15) is 29.8 Å². The number of aromatic nitrogens is 2. The summed E-state index contributed by atoms with van der Waals surface area (Å²) in [5, 5.41) is 3.39. The van der Waals surface area contributed by atoms with Crippen LogP contribution < -0.4 is 10.0 Å². The highest BCUT2D eigenvalue weighted by atomic mass is 32.2. The van der Waals surface area contributed by atoms with Gasteiger partial charge in [-0.1, -0.05) is 12.1 Å². The third-order valence-corrected chi connectivity index (χ3v) is 8.90. The summed E-state index contributed by atoms with van der Waals surface area (Å²) in [5.74, 6) is -1.32. The summed E-state index contributed by atoms with van der Waals surface area (Å²) < 4.78 is 68.3. The Hall–Kier alpha value is -5.49. The van der Waals surface area contributed by atoms with Crippen LogP contribution in [0.15, 0.2) is 83.5 Å². The number of benzene rings is 3. The van der Waals surface area contributed by atoms with Crippen molar-refractivity contribution in [1.29, 1.82) is 0 Å². The molecule has 3 N–H and O–H groups in total. The first-order valence-electron chi connectivity index (χ1n) is 14.8. The number of rotatable bonds is 10. The van der Waals surface area contributed by atoms with Gasteiger partial charge in [0.25, 0.3) is 5.91 Å². The molecule has 3 aromatic heterocycles. The molecule has 0 atom stereocenters. The third kappa shape index (κ3) is 6.19. The van der Waals surface area contributed by atoms with E-state index < -0.39 is 27.6 Å². The number of amides is 1. The van der Waals surface area contributed by atoms with Gasteiger partial charge in [-0.05, 0) is 74.5 Å². The van der Waals surface area contributed by atoms with Crippen LogP contribution in [0.5, 0.6) is 0 Å². The van der Waals surface area contributed by atoms with Gasteiger partial charge in [0.05, 0.1) is 47.0 Å². The second kappa shape index (κ2) is 12.7. The largest absolute Gasteiger partial charge is 0.501 e. The number of hydrogen-bond donors (Lipinski definition) is 3. The van der Waals surface area contributed by atoms with E-state index in [4.69, 9.17) is 14.1 Å². The maximum atomic E-state index is 14.7. The molecule has 240 valence electrons. The summed E-state index contributed by atoms with van der Waals surface area (Å²) in [5.41, 5.74) is 3.94. The molecular weight excluding hydrogens is 626 g/mol. The average Bonchev–Trinajstić information content (AvgIpc) is 3.67. The number of nitrogens with one attached hydrogen (secondary N) is 3. The zero-order valence-corrected chi connectivity index (χ0v) is 26.5. The topological polar surface area (TPSA) is 126 Å². The number of carbonyl (C=O) groups excluding carboxylic acids is 1. The maximum Gasteiger partial charge on any atom is 0.255 e. The van der Waals surface area contributed by atoms with Crippen molar-refractivity contribution in [2.45, 2.75) is 13.8 Å². The van der Waals surface area contributed by atoms with Crippen LogP contribution in [0.25, 0.3) is 61.9 Å². The molecule has 3 aromatic carbocycles. The molecular formula is C35H30F2N4O5S. The Morgan fingerprint density at radius 3 is 2.51 bits per heavy atom. The first-order valence-corrected chi connectivity index (χ1v) is 16.4. The number of anilines is 1. The molecule has 47 heavy (non-hydrogen) atoms. The molecule has 0 aliphatic carbocycles. The van der Waals surface area contributed by atoms with Gasteiger partial charge < -0.3 is 19.5 Å². The predicted octanol–water partition coefficient (Wildman–Crippen LogP) is 7.72. The summed E-state index contributed by atoms with van der Waals surface area (Å²) in [6, 6.07) is 18.5. The summed E-state index contributed by atoms with van der Waals surface area (Å²) in [7, 11) is -2.30. The second-order valence-corrected chi connectivity index (χ2v) is 12.6. The minimum atomic E-state index is -3.78. The highest BCUT2D eigenvalue weighted by Crippen LogP contribution is 2.40. The molecule has 0 aliphatic rings. The van der Waals surface area contributed by atoms with E-state index in [-0.39, 0.29) is 28.3 Å². The normalized spacial score (nSPS) is 11.9. The van der Waals surface area contributed by atoms with Crippen molar-refractivity contribution in [1.82, 2.24) is 15.3 Å². The number of pyridine rings is 1. The van der Waals surface area contributed by atoms with Crippen molar-refractivity contribution in [2.24, 2.45) is 0 Å². The fourth-order valence-corrected chi connectivity index (χ4v) is 5.92. The lowest BCUT2D eigenvalue weighted by Crippen LogP contribution is -2.18. The van der Waals surface area contributed by atoms with Crippen LogP contribution in [0.4, 0.5) is 14.5 Å². The van der Waals surface area contributed by atoms with Crippen molar-refractivity contribution in [3.63, 3.8) is 0 Å². The van der Waals surface area contributed by atoms with Crippen molar-refractivity contribution >= 4 is 49.6 Å². The van der Waals surface area contributed by atoms with E-state index in [1.807, 2.05) is 6.92 Å². The first-order chi connectivity index (χ1) is 22.6. The van der Waals surface area contributed by atoms with E-state index in [2.05, 4.69) is 15.0 Å². The standard InChI is InChI=1S/C35H30F2N4O5S/c1-4-45-16-15-20-11-14-28(40-33(20)30-18-23-26(37)7-6-8-27(23)39-30)24-17-25-31(19-29(24)41-47(43,44)5-2)46-34(32(25)35(42)38-3)21-9-12-22(36)13-10-21/h6-19,39,41H,4-5H2,1-3H3,(H,38,42)/b16-15+. The van der Waals surface area contributed by atoms with Crippen LogP contribution in [0.2, 0.25) is 0 Å². The number of ether oxygens (including phenoxy) is 1. The van der Waals surface area contributed by atoms with Gasteiger partial charge in [0.1, 0.15) is 23.0 Å². The van der Waals surface area contributed by atoms with Crippen molar-refractivity contribution in [3.05, 3.63) is 102 Å². The van der Waals surface area contributed by atoms with Crippen LogP contribution in [0, 0.1) is 11.6 Å². The summed E-state index contributed by atoms with van der Waals surface area (Å²) >= 11 is 0. The number of sulfonamides is 1. The molecule has 6 aromatic rings. The molecule has 0 spiro atoms. The quantitative estimate of drug-likeness (QED) is 0.130. The lowest BCUT2D eigenvalue weighted by atomic mass is 10.00. The van der Waals surface area contributed by atoms with Crippen molar-refractivity contribution in [3.8, 4) is 34.0 Å². The number of halogens is 2. The molecule has 0 bridgehead atoms. The number of H-pyrrole nitrogens is 1. The molecule has 0 unspecified atom stereocenters. The predicted molar refractivity (Wildman–Crippen MR) is 179 cm³/mol. The number of hydrogen-bond acceptors (Lipinski definition) is 6. The molecule has 0 fully saturated rings. The monoisotopic (exact) mass is 656 g/mol. The third-order valence-electron chi connectivity index (χ3n) is 7.61. The van der Waals surface area contributed by atoms with E-state index in [1.165, 1.54) is 56.6 Å². The van der Waals surface area contributed by atoms with E-state index in [9.17, 15) is 22.0 Å². The average molecular weight is 657 g/mol. The fraction of sp³-hybridized carbons (Fsp3) is 0.143. The highest BCUT2D eigenvalue weighted by molar-refractivity contribution is 7.92. The van der Waals surface area contributed by atoms with Crippen LogP contribution in [-0.4, -0.2) is 43.7 Å². The molecule has 0 aliphatic heterocycles. The Bertz CT molecular complexity index is 2280. The van der Waals surface area contributed by atoms with Gasteiger partial charge in [0.15, 0.2) is 0 Å². The molecule has 3 heterocycles. The van der Waals surface area contributed by atoms with Gasteiger partial charge in [-0.25, -0.2) is 22.2 Å². The Morgan fingerprint density at radius 1 is 1.02 bits per heavy atom. The zero-order valence-electron chi connectivity index (χ0n) is 25.6. The number of fused-ring (bicyclic) bond motifs is 2. The van der Waals surface area contributed by atoms with Gasteiger partial charge in [0, 0.05) is 46.1 Å². The number of furan rings is 1. The Labute approximate surface area is 269 Å². The molecule has 0 saturated heterocycles. The first kappa shape index (κ1) is 31.5. The van der Waals surface area contributed by atoms with Crippen LogP contribution in [0.3, 0.4) is 0 Å². The van der Waals surface area contributed by atoms with Crippen molar-refractivity contribution < 1.29 is 31.1 Å². The molecule has 9 nitrogen and oxygen atoms in total. The summed E-state index contributed by atoms with van der Waals surface area (Å²) in [6.45, 7) is 3.81. The van der Waals surface area contributed by atoms with Gasteiger partial charge in [-0.2, -0.15) is 0 Å². The molecule has 0 radical (unpaired) electrons. The SMILES string of the molecule is CCO/C=C/c1ccc(-c2cc3c(C(=O)NC)c(-c4ccc(F)cc4)oc3cc2NS(=O)(=O)CC)nc1-c1cc2c(F)cccc2[nH]1. The van der Waals surface area contributed by atoms with Gasteiger partial charge in [0.2, 0.25) is 10.0 Å². The Kier molecular flexibility index (Phi) is 8.52. The highest BCUT2D eigenvalue weighted by Gasteiger charge is 2.25. The van der Waals surface area contributed by atoms with Crippen LogP contribution in [-0.2, 0) is 14.8 Å². The maximum absolute atomic E-state index is 14.7. The Balaban J connectivity index is 1.62. The molecule has 12 heteroatoms. The minimum Gasteiger partial charge on any atom is -0.501 e. The molecule has 1 amide bonds. The van der Waals surface area contributed by atoms with E-state index in [0.717, 1.165) is 0 Å². The molecule has 6 rings (SSSR count). The smallest absolute Gasteiger partial charge is 0.255 e. The van der Waals surface area contributed by atoms with E-state index in [1.54, 1.807) is 42.5 Å². The van der Waals surface area contributed by atoms with Crippen LogP contribution >= 0.6 is 0 Å². The van der Waals surface area contributed by atoms with Gasteiger partial charge in [-0.15, -0.1) is 0 Å². The number of nitrogens with zero attached hydrogens (tertiary/aromatic N) is 1. The van der Waals surface area contributed by atoms with Gasteiger partial charge >= 0.3 is 0 Å². The fourth-order valence-electron chi connectivity index (χ4n) is 5.27. The second-order valence-electron chi connectivity index (χ2n) is 10.6. The minimum absolute atomic E-state index is 0.168. The lowest BCUT2D eigenvalue weighted by molar-refractivity contribution is 0.0964. The molecule has 0 saturated carbocycles. The van der Waals surface area contributed by atoms with E-state index >= 15 is 0 Å². The summed E-state index contributed by atoms with van der Waals surface area (Å²) in [6.07, 6.45) is 3.27. The summed E-state index contributed by atoms with van der Waals surface area (Å²) in [4.78, 5) is 21.4. The Morgan fingerprint density at radius 2 is 1.81 bits per heavy atom. The lowest BCUT2D eigenvalue weighted by Gasteiger charge is -2.14.